The van der Waals surface area contributed by atoms with Gasteiger partial charge in [-0.3, -0.25) is 14.6 Å². The first kappa shape index (κ1) is 14.3. The van der Waals surface area contributed by atoms with Crippen LogP contribution in [0.1, 0.15) is 23.2 Å². The molecule has 0 bridgehead atoms. The molecule has 0 aliphatic carbocycles. The van der Waals surface area contributed by atoms with Crippen molar-refractivity contribution in [3.8, 4) is 0 Å². The number of nitrogens with one attached hydrogen (secondary N) is 1. The number of benzene rings is 1. The molecule has 1 aromatic heterocycles. The smallest absolute Gasteiger partial charge is 0.256 e. The summed E-state index contributed by atoms with van der Waals surface area (Å²) in [6.07, 6.45) is 4.68. The van der Waals surface area contributed by atoms with E-state index in [0.29, 0.717) is 18.5 Å². The fourth-order valence-corrected chi connectivity index (χ4v) is 2.68. The van der Waals surface area contributed by atoms with Crippen molar-refractivity contribution in [1.82, 2.24) is 9.88 Å². The van der Waals surface area contributed by atoms with Gasteiger partial charge in [0.15, 0.2) is 0 Å². The number of nitrogens with zero attached hydrogens (tertiary/aromatic N) is 2. The van der Waals surface area contributed by atoms with Gasteiger partial charge in [-0.25, -0.2) is 0 Å². The number of hydrogen-bond donors (Lipinski definition) is 1. The van der Waals surface area contributed by atoms with Gasteiger partial charge in [0.2, 0.25) is 5.91 Å². The third-order valence-electron chi connectivity index (χ3n) is 3.77. The molecule has 3 rings (SSSR count). The number of likely N-dealkylation sites (tertiary alicyclic amines) is 1. The molecule has 0 radical (unpaired) electrons. The normalized spacial score (nSPS) is 17.3. The van der Waals surface area contributed by atoms with E-state index in [1.54, 1.807) is 23.2 Å². The first-order valence-electron chi connectivity index (χ1n) is 7.32. The van der Waals surface area contributed by atoms with Crippen molar-refractivity contribution in [3.05, 3.63) is 60.4 Å². The Hall–Kier alpha value is -2.69. The predicted molar refractivity (Wildman–Crippen MR) is 83.4 cm³/mol. The number of rotatable bonds is 3. The molecular weight excluding hydrogens is 278 g/mol. The Morgan fingerprint density at radius 3 is 2.68 bits per heavy atom. The van der Waals surface area contributed by atoms with Gasteiger partial charge >= 0.3 is 0 Å². The highest BCUT2D eigenvalue weighted by Crippen LogP contribution is 2.21. The summed E-state index contributed by atoms with van der Waals surface area (Å²) in [5.41, 5.74) is 1.26. The molecule has 5 heteroatoms. The number of aromatic nitrogens is 1. The summed E-state index contributed by atoms with van der Waals surface area (Å²) in [5.74, 6) is -0.278. The topological polar surface area (TPSA) is 62.3 Å². The van der Waals surface area contributed by atoms with Gasteiger partial charge in [-0.15, -0.1) is 0 Å². The molecule has 1 aliphatic rings. The molecule has 2 heterocycles. The first-order chi connectivity index (χ1) is 10.8. The molecule has 5 nitrogen and oxygen atoms in total. The van der Waals surface area contributed by atoms with Gasteiger partial charge in [-0.05, 0) is 37.1 Å². The van der Waals surface area contributed by atoms with Gasteiger partial charge in [-0.2, -0.15) is 0 Å². The second-order valence-electron chi connectivity index (χ2n) is 5.25. The fourth-order valence-electron chi connectivity index (χ4n) is 2.68. The Balaban J connectivity index is 1.73. The van der Waals surface area contributed by atoms with Crippen LogP contribution in [0.15, 0.2) is 54.9 Å². The highest BCUT2D eigenvalue weighted by atomic mass is 16.2. The predicted octanol–water partition coefficient (Wildman–Crippen LogP) is 2.32. The quantitative estimate of drug-likeness (QED) is 0.945. The van der Waals surface area contributed by atoms with Crippen LogP contribution in [0.2, 0.25) is 0 Å². The molecule has 2 amide bonds. The Bertz CT molecular complexity index is 658. The number of amides is 2. The third kappa shape index (κ3) is 2.98. The molecule has 112 valence electrons. The van der Waals surface area contributed by atoms with Crippen molar-refractivity contribution in [2.24, 2.45) is 0 Å². The van der Waals surface area contributed by atoms with E-state index in [1.807, 2.05) is 30.3 Å². The second kappa shape index (κ2) is 6.39. The van der Waals surface area contributed by atoms with E-state index in [0.717, 1.165) is 12.1 Å². The van der Waals surface area contributed by atoms with Gasteiger partial charge in [0.05, 0.1) is 5.56 Å². The molecule has 22 heavy (non-hydrogen) atoms. The van der Waals surface area contributed by atoms with E-state index in [1.165, 1.54) is 6.20 Å². The van der Waals surface area contributed by atoms with E-state index in [4.69, 9.17) is 0 Å². The minimum Gasteiger partial charge on any atom is -0.327 e. The van der Waals surface area contributed by atoms with Crippen LogP contribution >= 0.6 is 0 Å². The maximum Gasteiger partial charge on any atom is 0.256 e. The average Bonchev–Trinajstić information content (AvgIpc) is 3.05. The van der Waals surface area contributed by atoms with Crippen molar-refractivity contribution >= 4 is 17.5 Å². The Morgan fingerprint density at radius 2 is 1.95 bits per heavy atom. The van der Waals surface area contributed by atoms with Crippen LogP contribution in [-0.4, -0.2) is 34.3 Å². The lowest BCUT2D eigenvalue weighted by Crippen LogP contribution is -2.43. The molecule has 1 atom stereocenters. The summed E-state index contributed by atoms with van der Waals surface area (Å²) >= 11 is 0. The molecule has 1 saturated heterocycles. The Morgan fingerprint density at radius 1 is 1.14 bits per heavy atom. The molecule has 1 N–H and O–H groups in total. The van der Waals surface area contributed by atoms with Gasteiger partial charge < -0.3 is 10.2 Å². The molecule has 2 aromatic rings. The van der Waals surface area contributed by atoms with Crippen LogP contribution < -0.4 is 5.32 Å². The van der Waals surface area contributed by atoms with Crippen molar-refractivity contribution in [3.63, 3.8) is 0 Å². The van der Waals surface area contributed by atoms with Gasteiger partial charge in [0, 0.05) is 24.6 Å². The van der Waals surface area contributed by atoms with Crippen molar-refractivity contribution in [2.75, 3.05) is 11.9 Å². The van der Waals surface area contributed by atoms with Crippen molar-refractivity contribution in [2.45, 2.75) is 18.9 Å². The zero-order valence-corrected chi connectivity index (χ0v) is 12.1. The number of anilines is 1. The van der Waals surface area contributed by atoms with E-state index in [2.05, 4.69) is 10.3 Å². The van der Waals surface area contributed by atoms with Crippen LogP contribution in [0.5, 0.6) is 0 Å². The van der Waals surface area contributed by atoms with Crippen LogP contribution in [0.25, 0.3) is 0 Å². The van der Waals surface area contributed by atoms with E-state index in [-0.39, 0.29) is 11.8 Å². The number of pyridine rings is 1. The maximum absolute atomic E-state index is 12.5. The highest BCUT2D eigenvalue weighted by Gasteiger charge is 2.34. The van der Waals surface area contributed by atoms with Crippen molar-refractivity contribution in [1.29, 1.82) is 0 Å². The van der Waals surface area contributed by atoms with Crippen LogP contribution in [0, 0.1) is 0 Å². The van der Waals surface area contributed by atoms with Crippen LogP contribution in [-0.2, 0) is 4.79 Å². The zero-order chi connectivity index (χ0) is 15.4. The van der Waals surface area contributed by atoms with Crippen LogP contribution in [0.3, 0.4) is 0 Å². The summed E-state index contributed by atoms with van der Waals surface area (Å²) in [4.78, 5) is 30.6. The second-order valence-corrected chi connectivity index (χ2v) is 5.25. The summed E-state index contributed by atoms with van der Waals surface area (Å²) < 4.78 is 0. The lowest BCUT2D eigenvalue weighted by atomic mass is 10.1. The minimum absolute atomic E-state index is 0.138. The molecule has 0 spiro atoms. The van der Waals surface area contributed by atoms with E-state index >= 15 is 0 Å². The van der Waals surface area contributed by atoms with Gasteiger partial charge in [0.1, 0.15) is 6.04 Å². The maximum atomic E-state index is 12.5. The molecule has 1 aliphatic heterocycles. The van der Waals surface area contributed by atoms with E-state index in [9.17, 15) is 9.59 Å². The number of para-hydroxylation sites is 1. The lowest BCUT2D eigenvalue weighted by Gasteiger charge is -2.24. The van der Waals surface area contributed by atoms with Crippen LogP contribution in [0.4, 0.5) is 5.69 Å². The number of hydrogen-bond acceptors (Lipinski definition) is 3. The first-order valence-corrected chi connectivity index (χ1v) is 7.32. The minimum atomic E-state index is -0.423. The highest BCUT2D eigenvalue weighted by molar-refractivity contribution is 6.01. The summed E-state index contributed by atoms with van der Waals surface area (Å²) in [7, 11) is 0. The number of carbonyl (C=O) groups is 2. The molecular formula is C17H17N3O2. The SMILES string of the molecule is O=C(Nc1ccccc1)C1CCCN1C(=O)c1cccnc1. The van der Waals surface area contributed by atoms with Gasteiger partial charge in [-0.1, -0.05) is 18.2 Å². The van der Waals surface area contributed by atoms with Crippen molar-refractivity contribution < 1.29 is 9.59 Å². The lowest BCUT2D eigenvalue weighted by molar-refractivity contribution is -0.119. The Kier molecular flexibility index (Phi) is 4.14. The molecule has 1 unspecified atom stereocenters. The molecule has 1 aromatic carbocycles. The largest absolute Gasteiger partial charge is 0.327 e. The summed E-state index contributed by atoms with van der Waals surface area (Å²) in [5, 5.41) is 2.87. The molecule has 1 fully saturated rings. The summed E-state index contributed by atoms with van der Waals surface area (Å²) in [6, 6.07) is 12.3. The monoisotopic (exact) mass is 295 g/mol. The fraction of sp³-hybridized carbons (Fsp3) is 0.235. The van der Waals surface area contributed by atoms with E-state index < -0.39 is 6.04 Å². The number of carbonyl (C=O) groups excluding carboxylic acids is 2. The zero-order valence-electron chi connectivity index (χ0n) is 12.1. The average molecular weight is 295 g/mol. The third-order valence-corrected chi connectivity index (χ3v) is 3.77. The summed E-state index contributed by atoms with van der Waals surface area (Å²) in [6.45, 7) is 0.598. The standard InChI is InChI=1S/C17H17N3O2/c21-16(19-14-7-2-1-3-8-14)15-9-5-11-20(15)17(22)13-6-4-10-18-12-13/h1-4,6-8,10,12,15H,5,9,11H2,(H,19,21). The van der Waals surface area contributed by atoms with Gasteiger partial charge in [0.25, 0.3) is 5.91 Å². The molecule has 0 saturated carbocycles. The Labute approximate surface area is 129 Å².